The van der Waals surface area contributed by atoms with Crippen molar-refractivity contribution in [3.8, 4) is 11.5 Å². The zero-order valence-corrected chi connectivity index (χ0v) is 8.82. The van der Waals surface area contributed by atoms with E-state index in [2.05, 4.69) is 0 Å². The van der Waals surface area contributed by atoms with E-state index in [4.69, 9.17) is 0 Å². The second-order valence-electron chi connectivity index (χ2n) is 3.17. The van der Waals surface area contributed by atoms with Crippen molar-refractivity contribution in [1.29, 1.82) is 0 Å². The molecule has 84 valence electrons. The summed E-state index contributed by atoms with van der Waals surface area (Å²) in [5, 5.41) is 20.2. The van der Waals surface area contributed by atoms with Gasteiger partial charge in [-0.3, -0.25) is 4.21 Å². The highest BCUT2D eigenvalue weighted by Gasteiger charge is 2.09. The lowest BCUT2D eigenvalue weighted by Crippen LogP contribution is -2.02. The van der Waals surface area contributed by atoms with Crippen molar-refractivity contribution in [3.63, 3.8) is 0 Å². The van der Waals surface area contributed by atoms with Crippen LogP contribution >= 0.6 is 0 Å². The smallest absolute Gasteiger partial charge is 0.151 e. The molecule has 0 spiro atoms. The van der Waals surface area contributed by atoms with Crippen LogP contribution in [0.2, 0.25) is 0 Å². The number of benzene rings is 2. The van der Waals surface area contributed by atoms with E-state index in [1.165, 1.54) is 12.1 Å². The molecular weight excluding hydrogens is 230 g/mol. The number of aromatic hydroxyl groups is 2. The van der Waals surface area contributed by atoms with Crippen LogP contribution in [0.1, 0.15) is 0 Å². The van der Waals surface area contributed by atoms with Crippen LogP contribution in [0.5, 0.6) is 11.5 Å². The van der Waals surface area contributed by atoms with Crippen molar-refractivity contribution in [3.05, 3.63) is 30.3 Å². The van der Waals surface area contributed by atoms with Gasteiger partial charge in [0.15, 0.2) is 5.75 Å². The van der Waals surface area contributed by atoms with Crippen LogP contribution in [-0.4, -0.2) is 19.0 Å². The Bertz CT molecular complexity index is 570. The molecule has 0 bridgehead atoms. The van der Waals surface area contributed by atoms with Gasteiger partial charge in [-0.05, 0) is 17.5 Å². The highest BCUT2D eigenvalue weighted by atomic mass is 32.2. The molecule has 0 aliphatic heterocycles. The second kappa shape index (κ2) is 3.99. The lowest BCUT2D eigenvalue weighted by Gasteiger charge is -2.12. The maximum atomic E-state index is 10.5. The van der Waals surface area contributed by atoms with Crippen molar-refractivity contribution in [2.24, 2.45) is 0 Å². The van der Waals surface area contributed by atoms with Gasteiger partial charge in [0, 0.05) is 11.3 Å². The number of hydrogen-bond acceptors (Lipinski definition) is 4. The van der Waals surface area contributed by atoms with Gasteiger partial charge in [0.1, 0.15) is 5.75 Å². The summed E-state index contributed by atoms with van der Waals surface area (Å²) in [4.78, 5) is 0. The molecule has 0 heterocycles. The number of fused-ring (bicyclic) bond motifs is 1. The van der Waals surface area contributed by atoms with E-state index in [0.717, 1.165) is 0 Å². The third-order valence-corrected chi connectivity index (χ3v) is 2.58. The fourth-order valence-corrected chi connectivity index (χ4v) is 1.86. The zero-order chi connectivity index (χ0) is 11.7. The van der Waals surface area contributed by atoms with Gasteiger partial charge in [-0.15, -0.1) is 0 Å². The molecule has 1 atom stereocenters. The largest absolute Gasteiger partial charge is 0.755 e. The fraction of sp³-hybridized carbons (Fsp3) is 0. The highest BCUT2D eigenvalue weighted by molar-refractivity contribution is 7.80. The van der Waals surface area contributed by atoms with Gasteiger partial charge >= 0.3 is 0 Å². The first-order valence-electron chi connectivity index (χ1n) is 4.39. The average molecular weight is 238 g/mol. The lowest BCUT2D eigenvalue weighted by molar-refractivity contribution is 0.465. The fourth-order valence-electron chi connectivity index (χ4n) is 1.51. The molecule has 0 fully saturated rings. The quantitative estimate of drug-likeness (QED) is 0.545. The monoisotopic (exact) mass is 238 g/mol. The molecule has 0 saturated heterocycles. The standard InChI is InChI=1S/C10H9NO4S/c12-8-3-1-2-6-4-5-7(11-16(14)15)10(13)9(6)8/h1-5,11-13H,(H,14,15)/p-1. The number of phenols is 2. The Hall–Kier alpha value is -1.79. The van der Waals surface area contributed by atoms with Crippen molar-refractivity contribution in [2.75, 3.05) is 4.72 Å². The number of nitrogens with one attached hydrogen (secondary N) is 1. The van der Waals surface area contributed by atoms with E-state index in [1.807, 2.05) is 4.72 Å². The molecule has 6 heteroatoms. The van der Waals surface area contributed by atoms with E-state index in [0.29, 0.717) is 5.39 Å². The van der Waals surface area contributed by atoms with Gasteiger partial charge in [0.05, 0.1) is 11.1 Å². The van der Waals surface area contributed by atoms with Gasteiger partial charge in [-0.25, -0.2) is 0 Å². The van der Waals surface area contributed by atoms with E-state index >= 15 is 0 Å². The first kappa shape index (κ1) is 10.7. The molecule has 2 aromatic carbocycles. The summed E-state index contributed by atoms with van der Waals surface area (Å²) in [5.74, 6) is -0.393. The van der Waals surface area contributed by atoms with Gasteiger partial charge < -0.3 is 19.5 Å². The van der Waals surface area contributed by atoms with Crippen molar-refractivity contribution >= 4 is 27.7 Å². The topological polar surface area (TPSA) is 92.6 Å². The molecule has 2 aromatic rings. The third-order valence-electron chi connectivity index (χ3n) is 2.19. The van der Waals surface area contributed by atoms with Crippen molar-refractivity contribution < 1.29 is 19.0 Å². The maximum absolute atomic E-state index is 10.5. The third kappa shape index (κ3) is 1.80. The van der Waals surface area contributed by atoms with Crippen LogP contribution in [0, 0.1) is 0 Å². The Morgan fingerprint density at radius 2 is 1.94 bits per heavy atom. The predicted molar refractivity (Wildman–Crippen MR) is 59.8 cm³/mol. The summed E-state index contributed by atoms with van der Waals surface area (Å²) < 4.78 is 23.0. The minimum absolute atomic E-state index is 0.0299. The van der Waals surface area contributed by atoms with Crippen LogP contribution in [-0.2, 0) is 11.3 Å². The molecule has 0 amide bonds. The average Bonchev–Trinajstić information content (AvgIpc) is 2.22. The summed E-state index contributed by atoms with van der Waals surface area (Å²) in [5.41, 5.74) is 0.0299. The maximum Gasteiger partial charge on any atom is 0.151 e. The van der Waals surface area contributed by atoms with Crippen molar-refractivity contribution in [1.82, 2.24) is 0 Å². The van der Waals surface area contributed by atoms with E-state index in [9.17, 15) is 19.0 Å². The minimum atomic E-state index is -2.52. The first-order chi connectivity index (χ1) is 7.59. The predicted octanol–water partition coefficient (Wildman–Crippen LogP) is 1.46. The first-order valence-corrected chi connectivity index (χ1v) is 5.46. The second-order valence-corrected chi connectivity index (χ2v) is 3.85. The van der Waals surface area contributed by atoms with Gasteiger partial charge in [0.25, 0.3) is 0 Å². The van der Waals surface area contributed by atoms with Crippen LogP contribution in [0.15, 0.2) is 30.3 Å². The Morgan fingerprint density at radius 1 is 1.19 bits per heavy atom. The molecule has 0 saturated carbocycles. The number of phenolic OH excluding ortho intramolecular Hbond substituents is 2. The molecule has 0 aliphatic rings. The summed E-state index contributed by atoms with van der Waals surface area (Å²) in [6.07, 6.45) is 0. The molecule has 1 unspecified atom stereocenters. The van der Waals surface area contributed by atoms with Gasteiger partial charge in [0.2, 0.25) is 0 Å². The molecule has 0 radical (unpaired) electrons. The van der Waals surface area contributed by atoms with E-state index in [-0.39, 0.29) is 22.6 Å². The van der Waals surface area contributed by atoms with E-state index in [1.54, 1.807) is 18.2 Å². The van der Waals surface area contributed by atoms with Gasteiger partial charge in [-0.1, -0.05) is 18.2 Å². The summed E-state index contributed by atoms with van der Waals surface area (Å²) in [6.45, 7) is 0. The van der Waals surface area contributed by atoms with Crippen LogP contribution in [0.25, 0.3) is 10.8 Å². The van der Waals surface area contributed by atoms with Crippen molar-refractivity contribution in [2.45, 2.75) is 0 Å². The Balaban J connectivity index is 2.68. The van der Waals surface area contributed by atoms with Crippen LogP contribution < -0.4 is 4.72 Å². The molecular formula is C10H8NO4S-. The van der Waals surface area contributed by atoms with Gasteiger partial charge in [-0.2, -0.15) is 0 Å². The number of rotatable bonds is 2. The van der Waals surface area contributed by atoms with Crippen LogP contribution in [0.4, 0.5) is 5.69 Å². The number of anilines is 1. The Morgan fingerprint density at radius 3 is 2.62 bits per heavy atom. The number of hydrogen-bond donors (Lipinski definition) is 3. The molecule has 2 rings (SSSR count). The minimum Gasteiger partial charge on any atom is -0.755 e. The molecule has 0 aliphatic carbocycles. The van der Waals surface area contributed by atoms with E-state index < -0.39 is 11.3 Å². The summed E-state index contributed by atoms with van der Waals surface area (Å²) in [6, 6.07) is 7.78. The normalized spacial score (nSPS) is 12.6. The Labute approximate surface area is 93.8 Å². The molecule has 5 nitrogen and oxygen atoms in total. The summed E-state index contributed by atoms with van der Waals surface area (Å²) in [7, 11) is 0. The molecule has 0 aromatic heterocycles. The molecule has 16 heavy (non-hydrogen) atoms. The van der Waals surface area contributed by atoms with Crippen LogP contribution in [0.3, 0.4) is 0 Å². The highest BCUT2D eigenvalue weighted by Crippen LogP contribution is 2.37. The summed E-state index contributed by atoms with van der Waals surface area (Å²) >= 11 is -2.52. The lowest BCUT2D eigenvalue weighted by atomic mass is 10.1. The zero-order valence-electron chi connectivity index (χ0n) is 8.01. The SMILES string of the molecule is O=S([O-])Nc1ccc2cccc(O)c2c1O. The Kier molecular flexibility index (Phi) is 2.67. The molecule has 3 N–H and O–H groups in total.